The maximum atomic E-state index is 6.57. The van der Waals surface area contributed by atoms with Gasteiger partial charge in [-0.2, -0.15) is 10.2 Å². The van der Waals surface area contributed by atoms with E-state index in [1.807, 2.05) is 29.8 Å². The number of halogens is 2. The first-order valence-electron chi connectivity index (χ1n) is 14.8. The number of anilines is 2. The van der Waals surface area contributed by atoms with Crippen LogP contribution in [0.5, 0.6) is 5.75 Å². The summed E-state index contributed by atoms with van der Waals surface area (Å²) < 4.78 is 22.3. The van der Waals surface area contributed by atoms with Gasteiger partial charge in [-0.25, -0.2) is 19.3 Å². The van der Waals surface area contributed by atoms with Gasteiger partial charge in [0.05, 0.1) is 17.3 Å². The fourth-order valence-corrected chi connectivity index (χ4v) is 6.36. The van der Waals surface area contributed by atoms with Crippen LogP contribution in [0.1, 0.15) is 11.4 Å². The van der Waals surface area contributed by atoms with Crippen molar-refractivity contribution in [3.63, 3.8) is 0 Å². The summed E-state index contributed by atoms with van der Waals surface area (Å²) in [5.74, 6) is 0.491. The van der Waals surface area contributed by atoms with Crippen molar-refractivity contribution in [1.29, 1.82) is 0 Å². The summed E-state index contributed by atoms with van der Waals surface area (Å²) in [6.45, 7) is 6.61. The van der Waals surface area contributed by atoms with Crippen LogP contribution in [0.4, 0.5) is 11.4 Å². The van der Waals surface area contributed by atoms with E-state index in [-0.39, 0.29) is 12.6 Å². The molecule has 2 atom stereocenters. The van der Waals surface area contributed by atoms with Gasteiger partial charge in [0.1, 0.15) is 49.8 Å². The highest BCUT2D eigenvalue weighted by Gasteiger charge is 2.45. The van der Waals surface area contributed by atoms with Crippen LogP contribution in [0.15, 0.2) is 85.7 Å². The molecular formula is C32H32Cl2N8O3. The van der Waals surface area contributed by atoms with Crippen molar-refractivity contribution in [3.8, 4) is 11.4 Å². The third-order valence-corrected chi connectivity index (χ3v) is 8.68. The van der Waals surface area contributed by atoms with Crippen LogP contribution in [0.3, 0.4) is 0 Å². The van der Waals surface area contributed by atoms with E-state index in [1.165, 1.54) is 17.7 Å². The molecule has 11 nitrogen and oxygen atoms in total. The third kappa shape index (κ3) is 6.34. The second-order valence-electron chi connectivity index (χ2n) is 11.0. The van der Waals surface area contributed by atoms with Crippen LogP contribution in [0.25, 0.3) is 5.69 Å². The number of hydrogen-bond donors (Lipinski definition) is 0. The maximum absolute atomic E-state index is 6.57. The maximum Gasteiger partial charge on any atom is 0.217 e. The molecule has 13 heteroatoms. The van der Waals surface area contributed by atoms with Gasteiger partial charge in [0, 0.05) is 48.1 Å². The highest BCUT2D eigenvalue weighted by atomic mass is 35.5. The largest absolute Gasteiger partial charge is 0.491 e. The van der Waals surface area contributed by atoms with E-state index in [9.17, 15) is 0 Å². The Morgan fingerprint density at radius 1 is 0.867 bits per heavy atom. The highest BCUT2D eigenvalue weighted by molar-refractivity contribution is 6.35. The Hall–Kier alpha value is -4.16. The molecule has 0 N–H and O–H groups in total. The smallest absolute Gasteiger partial charge is 0.217 e. The van der Waals surface area contributed by atoms with E-state index in [1.54, 1.807) is 29.5 Å². The van der Waals surface area contributed by atoms with Gasteiger partial charge in [-0.3, -0.25) is 0 Å². The third-order valence-electron chi connectivity index (χ3n) is 8.13. The van der Waals surface area contributed by atoms with E-state index >= 15 is 0 Å². The van der Waals surface area contributed by atoms with Crippen LogP contribution >= 0.6 is 23.2 Å². The Labute approximate surface area is 270 Å². The van der Waals surface area contributed by atoms with Crippen LogP contribution in [-0.2, 0) is 21.8 Å². The molecule has 5 aromatic rings. The molecule has 2 aromatic heterocycles. The molecule has 3 aromatic carbocycles. The number of nitrogens with zero attached hydrogens (tertiary/aromatic N) is 8. The minimum Gasteiger partial charge on any atom is -0.491 e. The van der Waals surface area contributed by atoms with Crippen LogP contribution in [-0.4, -0.2) is 75.0 Å². The number of aromatic nitrogens is 6. The number of benzene rings is 3. The lowest BCUT2D eigenvalue weighted by Gasteiger charge is -2.37. The molecule has 2 fully saturated rings. The van der Waals surface area contributed by atoms with E-state index in [4.69, 9.17) is 37.4 Å². The molecule has 0 spiro atoms. The normalized spacial score (nSPS) is 20.1. The number of ether oxygens (including phenoxy) is 3. The van der Waals surface area contributed by atoms with Crippen molar-refractivity contribution in [2.75, 3.05) is 49.2 Å². The molecule has 45 heavy (non-hydrogen) atoms. The average molecular weight is 648 g/mol. The summed E-state index contributed by atoms with van der Waals surface area (Å²) in [7, 11) is 0. The first-order valence-corrected chi connectivity index (χ1v) is 15.5. The zero-order valence-corrected chi connectivity index (χ0v) is 26.2. The topological polar surface area (TPSA) is 95.6 Å². The Morgan fingerprint density at radius 3 is 2.18 bits per heavy atom. The zero-order chi connectivity index (χ0) is 30.8. The predicted molar refractivity (Wildman–Crippen MR) is 171 cm³/mol. The summed E-state index contributed by atoms with van der Waals surface area (Å²) in [5.41, 5.74) is 4.07. The fraction of sp³-hybridized carbons (Fsp3) is 0.312. The molecule has 2 aliphatic heterocycles. The molecular weight excluding hydrogens is 615 g/mol. The van der Waals surface area contributed by atoms with Crippen molar-refractivity contribution < 1.29 is 14.2 Å². The molecule has 4 heterocycles. The van der Waals surface area contributed by atoms with Crippen LogP contribution in [0.2, 0.25) is 10.0 Å². The van der Waals surface area contributed by atoms with Crippen LogP contribution < -0.4 is 14.5 Å². The summed E-state index contributed by atoms with van der Waals surface area (Å²) in [6, 6.07) is 22.0. The van der Waals surface area contributed by atoms with Gasteiger partial charge in [-0.1, -0.05) is 29.3 Å². The molecule has 0 unspecified atom stereocenters. The molecule has 2 saturated heterocycles. The molecule has 0 amide bonds. The lowest BCUT2D eigenvalue weighted by atomic mass is 10.1. The van der Waals surface area contributed by atoms with Gasteiger partial charge in [0.2, 0.25) is 5.79 Å². The van der Waals surface area contributed by atoms with Crippen molar-refractivity contribution in [1.82, 2.24) is 29.5 Å². The minimum absolute atomic E-state index is 0.279. The Balaban J connectivity index is 0.935. The summed E-state index contributed by atoms with van der Waals surface area (Å²) in [4.78, 5) is 13.1. The number of aryl methyl sites for hydroxylation is 1. The van der Waals surface area contributed by atoms with Gasteiger partial charge in [0.15, 0.2) is 0 Å². The monoisotopic (exact) mass is 646 g/mol. The molecule has 0 saturated carbocycles. The zero-order valence-electron chi connectivity index (χ0n) is 24.7. The Morgan fingerprint density at radius 2 is 1.56 bits per heavy atom. The second kappa shape index (κ2) is 12.7. The van der Waals surface area contributed by atoms with E-state index in [0.717, 1.165) is 43.4 Å². The molecule has 0 bridgehead atoms. The number of rotatable bonds is 9. The summed E-state index contributed by atoms with van der Waals surface area (Å²) in [5, 5.41) is 9.52. The summed E-state index contributed by atoms with van der Waals surface area (Å²) >= 11 is 12.7. The number of hydrogen-bond acceptors (Lipinski definition) is 9. The molecule has 0 radical (unpaired) electrons. The van der Waals surface area contributed by atoms with E-state index < -0.39 is 5.79 Å². The second-order valence-corrected chi connectivity index (χ2v) is 11.9. The predicted octanol–water partition coefficient (Wildman–Crippen LogP) is 5.15. The van der Waals surface area contributed by atoms with E-state index in [2.05, 4.69) is 66.4 Å². The average Bonchev–Trinajstić information content (AvgIpc) is 3.83. The SMILES string of the molecule is Cc1ncnn1-c1ccc(N2CCN(c3ccc(OC[C@@H]4CO[C@@](Cn5cncn5)(c5ccc(Cl)cc5Cl)O4)cc3)CC2)cc1. The van der Waals surface area contributed by atoms with Gasteiger partial charge in [0.25, 0.3) is 0 Å². The highest BCUT2D eigenvalue weighted by Crippen LogP contribution is 2.40. The Kier molecular flexibility index (Phi) is 8.33. The van der Waals surface area contributed by atoms with E-state index in [0.29, 0.717) is 28.8 Å². The quantitative estimate of drug-likeness (QED) is 0.215. The van der Waals surface area contributed by atoms with Crippen molar-refractivity contribution in [2.24, 2.45) is 0 Å². The van der Waals surface area contributed by atoms with Gasteiger partial charge in [-0.15, -0.1) is 0 Å². The van der Waals surface area contributed by atoms with Gasteiger partial charge >= 0.3 is 0 Å². The minimum atomic E-state index is -1.15. The van der Waals surface area contributed by atoms with Crippen molar-refractivity contribution in [3.05, 3.63) is 107 Å². The van der Waals surface area contributed by atoms with Crippen molar-refractivity contribution in [2.45, 2.75) is 25.4 Å². The first-order chi connectivity index (χ1) is 22.0. The number of piperazine rings is 1. The summed E-state index contributed by atoms with van der Waals surface area (Å²) in [6.07, 6.45) is 4.34. The molecule has 7 rings (SSSR count). The fourth-order valence-electron chi connectivity index (χ4n) is 5.80. The molecule has 232 valence electrons. The van der Waals surface area contributed by atoms with Gasteiger partial charge in [-0.05, 0) is 67.6 Å². The lowest BCUT2D eigenvalue weighted by molar-refractivity contribution is -0.190. The molecule has 0 aliphatic carbocycles. The van der Waals surface area contributed by atoms with Gasteiger partial charge < -0.3 is 24.0 Å². The lowest BCUT2D eigenvalue weighted by Crippen LogP contribution is -2.46. The Bertz CT molecular complexity index is 1720. The van der Waals surface area contributed by atoms with Crippen LogP contribution in [0, 0.1) is 6.92 Å². The standard InChI is InChI=1S/C32H32Cl2N8O3/c1-23-36-21-38-42(23)27-5-3-25(4-6-27)39-12-14-40(15-13-39)26-7-9-28(10-8-26)43-17-29-18-44-32(45-29,19-41-22-35-20-37-41)30-11-2-24(33)16-31(30)34/h2-11,16,20-22,29H,12-15,17-19H2,1H3/t29-,32-/m1/s1. The first kappa shape index (κ1) is 29.5. The van der Waals surface area contributed by atoms with Crippen molar-refractivity contribution >= 4 is 34.6 Å². The molecule has 2 aliphatic rings.